The van der Waals surface area contributed by atoms with Gasteiger partial charge in [-0.2, -0.15) is 0 Å². The monoisotopic (exact) mass is 424 g/mol. The van der Waals surface area contributed by atoms with Crippen LogP contribution < -0.4 is 5.56 Å². The number of aryl methyl sites for hydroxylation is 1. The fourth-order valence-corrected chi connectivity index (χ4v) is 4.86. The minimum atomic E-state index is -0.108. The summed E-state index contributed by atoms with van der Waals surface area (Å²) in [4.78, 5) is 47.1. The van der Waals surface area contributed by atoms with Crippen molar-refractivity contribution in [3.63, 3.8) is 0 Å². The Morgan fingerprint density at radius 1 is 1.00 bits per heavy atom. The Kier molecular flexibility index (Phi) is 6.68. The van der Waals surface area contributed by atoms with E-state index in [4.69, 9.17) is 0 Å². The average Bonchev–Trinajstić information content (AvgIpc) is 3.08. The Morgan fingerprint density at radius 2 is 1.71 bits per heavy atom. The minimum absolute atomic E-state index is 0.00725. The lowest BCUT2D eigenvalue weighted by Crippen LogP contribution is -2.47. The number of hydrogen-bond donors (Lipinski definition) is 0. The smallest absolute Gasteiger partial charge is 0.261 e. The van der Waals surface area contributed by atoms with Gasteiger partial charge in [0.25, 0.3) is 5.56 Å². The molecule has 2 aromatic rings. The third-order valence-corrected chi connectivity index (χ3v) is 6.64. The summed E-state index contributed by atoms with van der Waals surface area (Å²) in [6, 6.07) is 7.29. The maximum atomic E-state index is 13.0. The van der Waals surface area contributed by atoms with E-state index in [0.717, 1.165) is 38.8 Å². The molecule has 1 aromatic heterocycles. The molecule has 1 atom stereocenters. The standard InChI is InChI=1S/C24H32N4O3/c1-18-25-21-11-5-4-10-20(21)24(31)28(18)16-12-22(29)27-15-8-9-19(17-27)23(30)26-13-6-2-3-7-14-26/h4-5,10-11,19H,2-3,6-9,12-17H2,1H3. The highest BCUT2D eigenvalue weighted by molar-refractivity contribution is 5.81. The molecule has 1 aromatic carbocycles. The van der Waals surface area contributed by atoms with Crippen LogP contribution in [0.3, 0.4) is 0 Å². The minimum Gasteiger partial charge on any atom is -0.342 e. The summed E-state index contributed by atoms with van der Waals surface area (Å²) in [6.07, 6.45) is 6.50. The number of nitrogens with zero attached hydrogens (tertiary/aromatic N) is 4. The van der Waals surface area contributed by atoms with Crippen LogP contribution in [0.15, 0.2) is 29.1 Å². The fraction of sp³-hybridized carbons (Fsp3) is 0.583. The Labute approximate surface area is 183 Å². The van der Waals surface area contributed by atoms with Crippen molar-refractivity contribution < 1.29 is 9.59 Å². The molecule has 3 heterocycles. The van der Waals surface area contributed by atoms with Crippen LogP contribution in [0.2, 0.25) is 0 Å². The summed E-state index contributed by atoms with van der Waals surface area (Å²) in [6.45, 7) is 4.99. The van der Waals surface area contributed by atoms with E-state index >= 15 is 0 Å². The maximum Gasteiger partial charge on any atom is 0.261 e. The van der Waals surface area contributed by atoms with E-state index in [1.807, 2.05) is 28.0 Å². The lowest BCUT2D eigenvalue weighted by Gasteiger charge is -2.35. The van der Waals surface area contributed by atoms with E-state index in [-0.39, 0.29) is 29.7 Å². The zero-order valence-electron chi connectivity index (χ0n) is 18.4. The number of fused-ring (bicyclic) bond motifs is 1. The van der Waals surface area contributed by atoms with Crippen molar-refractivity contribution in [2.75, 3.05) is 26.2 Å². The van der Waals surface area contributed by atoms with Gasteiger partial charge in [0.1, 0.15) is 5.82 Å². The maximum absolute atomic E-state index is 13.0. The number of para-hydroxylation sites is 1. The Morgan fingerprint density at radius 3 is 2.48 bits per heavy atom. The first-order valence-corrected chi connectivity index (χ1v) is 11.6. The molecule has 0 aliphatic carbocycles. The molecular weight excluding hydrogens is 392 g/mol. The summed E-state index contributed by atoms with van der Waals surface area (Å²) in [5.74, 6) is 0.741. The van der Waals surface area contributed by atoms with Gasteiger partial charge in [0.05, 0.1) is 16.8 Å². The average molecular weight is 425 g/mol. The Bertz CT molecular complexity index is 1010. The number of carbonyl (C=O) groups excluding carboxylic acids is 2. The number of piperidine rings is 1. The molecule has 2 aliphatic rings. The van der Waals surface area contributed by atoms with Crippen LogP contribution in [0, 0.1) is 12.8 Å². The second-order valence-electron chi connectivity index (χ2n) is 8.80. The highest BCUT2D eigenvalue weighted by atomic mass is 16.2. The Balaban J connectivity index is 1.39. The molecule has 2 fully saturated rings. The second kappa shape index (κ2) is 9.62. The molecule has 7 nitrogen and oxygen atoms in total. The van der Waals surface area contributed by atoms with Gasteiger partial charge in [0.2, 0.25) is 11.8 Å². The molecule has 2 aliphatic heterocycles. The predicted molar refractivity (Wildman–Crippen MR) is 120 cm³/mol. The van der Waals surface area contributed by atoms with Crippen LogP contribution in [0.4, 0.5) is 0 Å². The van der Waals surface area contributed by atoms with Crippen molar-refractivity contribution in [2.45, 2.75) is 58.4 Å². The van der Waals surface area contributed by atoms with Gasteiger partial charge in [-0.05, 0) is 44.7 Å². The van der Waals surface area contributed by atoms with E-state index in [2.05, 4.69) is 4.98 Å². The quantitative estimate of drug-likeness (QED) is 0.756. The molecule has 2 saturated heterocycles. The van der Waals surface area contributed by atoms with E-state index in [0.29, 0.717) is 36.4 Å². The van der Waals surface area contributed by atoms with Crippen LogP contribution in [0.25, 0.3) is 10.9 Å². The van der Waals surface area contributed by atoms with Crippen molar-refractivity contribution in [1.29, 1.82) is 0 Å². The van der Waals surface area contributed by atoms with Crippen molar-refractivity contribution in [3.05, 3.63) is 40.4 Å². The number of benzene rings is 1. The number of carbonyl (C=O) groups is 2. The Hall–Kier alpha value is -2.70. The van der Waals surface area contributed by atoms with Gasteiger partial charge in [0.15, 0.2) is 0 Å². The van der Waals surface area contributed by atoms with E-state index in [1.165, 1.54) is 12.8 Å². The largest absolute Gasteiger partial charge is 0.342 e. The molecule has 31 heavy (non-hydrogen) atoms. The highest BCUT2D eigenvalue weighted by Gasteiger charge is 2.31. The van der Waals surface area contributed by atoms with Gasteiger partial charge < -0.3 is 9.80 Å². The number of rotatable bonds is 4. The zero-order valence-corrected chi connectivity index (χ0v) is 18.4. The van der Waals surface area contributed by atoms with Gasteiger partial charge in [-0.1, -0.05) is 25.0 Å². The topological polar surface area (TPSA) is 75.5 Å². The SMILES string of the molecule is Cc1nc2ccccc2c(=O)n1CCC(=O)N1CCCC(C(=O)N2CCCCCC2)C1. The van der Waals surface area contributed by atoms with Crippen LogP contribution in [-0.2, 0) is 16.1 Å². The van der Waals surface area contributed by atoms with E-state index in [1.54, 1.807) is 17.6 Å². The number of hydrogen-bond acceptors (Lipinski definition) is 4. The van der Waals surface area contributed by atoms with E-state index < -0.39 is 0 Å². The molecule has 0 radical (unpaired) electrons. The van der Waals surface area contributed by atoms with Crippen LogP contribution >= 0.6 is 0 Å². The van der Waals surface area contributed by atoms with Gasteiger partial charge in [-0.25, -0.2) is 4.98 Å². The normalized spacial score (nSPS) is 20.0. The van der Waals surface area contributed by atoms with Crippen molar-refractivity contribution in [1.82, 2.24) is 19.4 Å². The third kappa shape index (κ3) is 4.81. The third-order valence-electron chi connectivity index (χ3n) is 6.64. The van der Waals surface area contributed by atoms with Crippen LogP contribution in [0.1, 0.15) is 50.8 Å². The first kappa shape index (κ1) is 21.5. The highest BCUT2D eigenvalue weighted by Crippen LogP contribution is 2.22. The molecule has 0 spiro atoms. The second-order valence-corrected chi connectivity index (χ2v) is 8.80. The summed E-state index contributed by atoms with van der Waals surface area (Å²) in [5.41, 5.74) is 0.572. The molecule has 2 amide bonds. The van der Waals surface area contributed by atoms with Gasteiger partial charge >= 0.3 is 0 Å². The lowest BCUT2D eigenvalue weighted by atomic mass is 9.96. The summed E-state index contributed by atoms with van der Waals surface area (Å²) in [5, 5.41) is 0.571. The zero-order chi connectivity index (χ0) is 21.8. The predicted octanol–water partition coefficient (Wildman–Crippen LogP) is 2.74. The molecule has 0 N–H and O–H groups in total. The molecular formula is C24H32N4O3. The van der Waals surface area contributed by atoms with Crippen molar-refractivity contribution >= 4 is 22.7 Å². The van der Waals surface area contributed by atoms with Gasteiger partial charge in [-0.3, -0.25) is 19.0 Å². The molecule has 0 bridgehead atoms. The summed E-state index contributed by atoms with van der Waals surface area (Å²) < 4.78 is 1.59. The first-order valence-electron chi connectivity index (χ1n) is 11.6. The first-order chi connectivity index (χ1) is 15.0. The van der Waals surface area contributed by atoms with Gasteiger partial charge in [-0.15, -0.1) is 0 Å². The van der Waals surface area contributed by atoms with Crippen molar-refractivity contribution in [2.24, 2.45) is 5.92 Å². The lowest BCUT2D eigenvalue weighted by molar-refractivity contribution is -0.141. The summed E-state index contributed by atoms with van der Waals surface area (Å²) >= 11 is 0. The van der Waals surface area contributed by atoms with Crippen LogP contribution in [-0.4, -0.2) is 57.3 Å². The molecule has 7 heteroatoms. The molecule has 4 rings (SSSR count). The number of amides is 2. The molecule has 166 valence electrons. The number of aromatic nitrogens is 2. The van der Waals surface area contributed by atoms with Crippen molar-refractivity contribution in [3.8, 4) is 0 Å². The fourth-order valence-electron chi connectivity index (χ4n) is 4.86. The van der Waals surface area contributed by atoms with E-state index in [9.17, 15) is 14.4 Å². The number of likely N-dealkylation sites (tertiary alicyclic amines) is 2. The summed E-state index contributed by atoms with van der Waals surface area (Å²) in [7, 11) is 0. The molecule has 0 saturated carbocycles. The van der Waals surface area contributed by atoms with Crippen LogP contribution in [0.5, 0.6) is 0 Å². The van der Waals surface area contributed by atoms with Gasteiger partial charge in [0, 0.05) is 39.1 Å². The molecule has 1 unspecified atom stereocenters.